The lowest BCUT2D eigenvalue weighted by atomic mass is 9.93. The standard InChI is InChI=1S/C18H28FN3O2.HI/c1-3-20-18(22-15-7-9-16(23)10-8-15)21-12-13(2)24-17-6-4-5-14(19)11-17;/h4-6,11,13,15-16,23H,3,7-10,12H2,1-2H3,(H2,20,21,22);1H. The lowest BCUT2D eigenvalue weighted by Gasteiger charge is -2.27. The van der Waals surface area contributed by atoms with Crippen molar-refractivity contribution in [3.63, 3.8) is 0 Å². The van der Waals surface area contributed by atoms with E-state index in [-0.39, 0.29) is 42.0 Å². The first-order chi connectivity index (χ1) is 11.6. The zero-order chi connectivity index (χ0) is 17.4. The molecule has 0 heterocycles. The summed E-state index contributed by atoms with van der Waals surface area (Å²) in [6.45, 7) is 5.19. The molecular weight excluding hydrogens is 436 g/mol. The van der Waals surface area contributed by atoms with Gasteiger partial charge in [-0.25, -0.2) is 9.38 Å². The zero-order valence-corrected chi connectivity index (χ0v) is 17.2. The van der Waals surface area contributed by atoms with Crippen molar-refractivity contribution >= 4 is 29.9 Å². The number of aliphatic hydroxyl groups excluding tert-OH is 1. The molecule has 1 aliphatic carbocycles. The first-order valence-corrected chi connectivity index (χ1v) is 8.72. The highest BCUT2D eigenvalue weighted by Gasteiger charge is 2.20. The minimum atomic E-state index is -0.308. The van der Waals surface area contributed by atoms with E-state index in [0.717, 1.165) is 38.2 Å². The van der Waals surface area contributed by atoms with Gasteiger partial charge in [0, 0.05) is 18.7 Å². The van der Waals surface area contributed by atoms with Crippen molar-refractivity contribution in [1.29, 1.82) is 0 Å². The molecule has 0 aromatic heterocycles. The van der Waals surface area contributed by atoms with E-state index in [4.69, 9.17) is 4.74 Å². The Labute approximate surface area is 166 Å². The zero-order valence-electron chi connectivity index (χ0n) is 14.9. The minimum absolute atomic E-state index is 0. The van der Waals surface area contributed by atoms with Crippen LogP contribution in [0.1, 0.15) is 39.5 Å². The molecule has 142 valence electrons. The van der Waals surface area contributed by atoms with E-state index < -0.39 is 0 Å². The van der Waals surface area contributed by atoms with Crippen LogP contribution in [0.2, 0.25) is 0 Å². The van der Waals surface area contributed by atoms with Crippen LogP contribution in [0, 0.1) is 5.82 Å². The second-order valence-corrected chi connectivity index (χ2v) is 6.26. The molecule has 1 unspecified atom stereocenters. The van der Waals surface area contributed by atoms with Crippen LogP contribution in [-0.4, -0.2) is 42.4 Å². The highest BCUT2D eigenvalue weighted by atomic mass is 127. The highest BCUT2D eigenvalue weighted by molar-refractivity contribution is 14.0. The molecule has 1 atom stereocenters. The van der Waals surface area contributed by atoms with E-state index in [0.29, 0.717) is 18.3 Å². The quantitative estimate of drug-likeness (QED) is 0.343. The predicted molar refractivity (Wildman–Crippen MR) is 109 cm³/mol. The fourth-order valence-electron chi connectivity index (χ4n) is 2.76. The second kappa shape index (κ2) is 11.5. The van der Waals surface area contributed by atoms with Gasteiger partial charge in [-0.05, 0) is 51.7 Å². The molecule has 0 spiro atoms. The van der Waals surface area contributed by atoms with Gasteiger partial charge in [0.25, 0.3) is 0 Å². The van der Waals surface area contributed by atoms with Crippen LogP contribution in [0.4, 0.5) is 4.39 Å². The Morgan fingerprint density at radius 3 is 2.72 bits per heavy atom. The number of aliphatic hydroxyl groups is 1. The Morgan fingerprint density at radius 1 is 1.36 bits per heavy atom. The number of ether oxygens (including phenoxy) is 1. The van der Waals surface area contributed by atoms with Gasteiger partial charge in [-0.2, -0.15) is 0 Å². The van der Waals surface area contributed by atoms with Gasteiger partial charge in [0.2, 0.25) is 0 Å². The Hall–Kier alpha value is -1.09. The lowest BCUT2D eigenvalue weighted by Crippen LogP contribution is -2.45. The maximum atomic E-state index is 13.2. The second-order valence-electron chi connectivity index (χ2n) is 6.26. The van der Waals surface area contributed by atoms with Crippen LogP contribution in [0.3, 0.4) is 0 Å². The molecule has 0 aliphatic heterocycles. The maximum absolute atomic E-state index is 13.2. The summed E-state index contributed by atoms with van der Waals surface area (Å²) in [5, 5.41) is 16.2. The van der Waals surface area contributed by atoms with Gasteiger partial charge < -0.3 is 20.5 Å². The van der Waals surface area contributed by atoms with Crippen LogP contribution in [0.25, 0.3) is 0 Å². The minimum Gasteiger partial charge on any atom is -0.489 e. The Balaban J connectivity index is 0.00000312. The molecule has 2 rings (SSSR count). The molecule has 25 heavy (non-hydrogen) atoms. The summed E-state index contributed by atoms with van der Waals surface area (Å²) in [5.74, 6) is 0.961. The Morgan fingerprint density at radius 2 is 2.08 bits per heavy atom. The van der Waals surface area contributed by atoms with Crippen LogP contribution >= 0.6 is 24.0 Å². The SMILES string of the molecule is CCNC(=NCC(C)Oc1cccc(F)c1)NC1CCC(O)CC1.I. The van der Waals surface area contributed by atoms with E-state index in [1.54, 1.807) is 12.1 Å². The van der Waals surface area contributed by atoms with Crippen molar-refractivity contribution in [2.24, 2.45) is 4.99 Å². The molecule has 1 aliphatic rings. The molecule has 0 radical (unpaired) electrons. The summed E-state index contributed by atoms with van der Waals surface area (Å²) in [6.07, 6.45) is 3.23. The van der Waals surface area contributed by atoms with Crippen molar-refractivity contribution in [2.45, 2.75) is 57.8 Å². The van der Waals surface area contributed by atoms with Crippen molar-refractivity contribution in [3.05, 3.63) is 30.1 Å². The maximum Gasteiger partial charge on any atom is 0.191 e. The summed E-state index contributed by atoms with van der Waals surface area (Å²) in [5.41, 5.74) is 0. The van der Waals surface area contributed by atoms with Gasteiger partial charge in [0.05, 0.1) is 12.6 Å². The molecule has 1 aromatic carbocycles. The number of nitrogens with zero attached hydrogens (tertiary/aromatic N) is 1. The first-order valence-electron chi connectivity index (χ1n) is 8.72. The number of hydrogen-bond donors (Lipinski definition) is 3. The molecule has 5 nitrogen and oxygen atoms in total. The molecular formula is C18H29FIN3O2. The normalized spacial score (nSPS) is 21.8. The van der Waals surface area contributed by atoms with E-state index in [1.165, 1.54) is 12.1 Å². The van der Waals surface area contributed by atoms with E-state index in [2.05, 4.69) is 15.6 Å². The Bertz CT molecular complexity index is 537. The lowest BCUT2D eigenvalue weighted by molar-refractivity contribution is 0.120. The molecule has 7 heteroatoms. The van der Waals surface area contributed by atoms with Crippen LogP contribution in [0.5, 0.6) is 5.75 Å². The third-order valence-electron chi connectivity index (χ3n) is 4.02. The van der Waals surface area contributed by atoms with Crippen molar-refractivity contribution in [2.75, 3.05) is 13.1 Å². The molecule has 0 saturated heterocycles. The average Bonchev–Trinajstić information content (AvgIpc) is 2.55. The average molecular weight is 465 g/mol. The molecule has 0 amide bonds. The fraction of sp³-hybridized carbons (Fsp3) is 0.611. The topological polar surface area (TPSA) is 65.9 Å². The van der Waals surface area contributed by atoms with Crippen LogP contribution < -0.4 is 15.4 Å². The number of nitrogens with one attached hydrogen (secondary N) is 2. The van der Waals surface area contributed by atoms with E-state index in [9.17, 15) is 9.50 Å². The van der Waals surface area contributed by atoms with Gasteiger partial charge in [-0.1, -0.05) is 6.07 Å². The van der Waals surface area contributed by atoms with Gasteiger partial charge in [-0.3, -0.25) is 0 Å². The molecule has 1 aromatic rings. The van der Waals surface area contributed by atoms with Crippen molar-refractivity contribution < 1.29 is 14.2 Å². The van der Waals surface area contributed by atoms with Gasteiger partial charge in [0.1, 0.15) is 17.7 Å². The number of rotatable bonds is 6. The number of guanidine groups is 1. The van der Waals surface area contributed by atoms with Gasteiger partial charge in [0.15, 0.2) is 5.96 Å². The number of hydrogen-bond acceptors (Lipinski definition) is 3. The summed E-state index contributed by atoms with van der Waals surface area (Å²) in [7, 11) is 0. The third kappa shape index (κ3) is 8.22. The molecule has 1 saturated carbocycles. The summed E-state index contributed by atoms with van der Waals surface area (Å²) < 4.78 is 18.9. The summed E-state index contributed by atoms with van der Waals surface area (Å²) in [4.78, 5) is 4.56. The van der Waals surface area contributed by atoms with E-state index in [1.807, 2.05) is 13.8 Å². The third-order valence-corrected chi connectivity index (χ3v) is 4.02. The molecule has 3 N–H and O–H groups in total. The number of halogens is 2. The smallest absolute Gasteiger partial charge is 0.191 e. The highest BCUT2D eigenvalue weighted by Crippen LogP contribution is 2.18. The summed E-state index contributed by atoms with van der Waals surface area (Å²) >= 11 is 0. The van der Waals surface area contributed by atoms with Crippen molar-refractivity contribution in [3.8, 4) is 5.75 Å². The van der Waals surface area contributed by atoms with Crippen LogP contribution in [0.15, 0.2) is 29.3 Å². The van der Waals surface area contributed by atoms with Gasteiger partial charge >= 0.3 is 0 Å². The number of benzene rings is 1. The largest absolute Gasteiger partial charge is 0.489 e. The first kappa shape index (κ1) is 22.0. The predicted octanol–water partition coefficient (Wildman–Crippen LogP) is 3.07. The van der Waals surface area contributed by atoms with E-state index >= 15 is 0 Å². The van der Waals surface area contributed by atoms with Crippen LogP contribution in [-0.2, 0) is 0 Å². The molecule has 0 bridgehead atoms. The number of aliphatic imine (C=N–C) groups is 1. The molecule has 1 fully saturated rings. The summed E-state index contributed by atoms with van der Waals surface area (Å²) in [6, 6.07) is 6.47. The Kier molecular flexibility index (Phi) is 10.1. The van der Waals surface area contributed by atoms with Gasteiger partial charge in [-0.15, -0.1) is 24.0 Å². The fourth-order valence-corrected chi connectivity index (χ4v) is 2.76. The van der Waals surface area contributed by atoms with Crippen molar-refractivity contribution in [1.82, 2.24) is 10.6 Å². The monoisotopic (exact) mass is 465 g/mol.